The van der Waals surface area contributed by atoms with E-state index in [9.17, 15) is 9.59 Å². The van der Waals surface area contributed by atoms with E-state index >= 15 is 0 Å². The summed E-state index contributed by atoms with van der Waals surface area (Å²) in [7, 11) is 1.56. The summed E-state index contributed by atoms with van der Waals surface area (Å²) in [5.41, 5.74) is 1.70. The zero-order valence-corrected chi connectivity index (χ0v) is 14.3. The van der Waals surface area contributed by atoms with Crippen molar-refractivity contribution in [2.75, 3.05) is 33.4 Å². The molecule has 0 aliphatic rings. The fraction of sp³-hybridized carbons (Fsp3) is 0.471. The summed E-state index contributed by atoms with van der Waals surface area (Å²) in [6.07, 6.45) is 1.64. The molecule has 0 N–H and O–H groups in total. The monoisotopic (exact) mass is 333 g/mol. The Labute approximate surface area is 141 Å². The molecular weight excluding hydrogens is 310 g/mol. The Bertz CT molecular complexity index is 698. The van der Waals surface area contributed by atoms with Crippen molar-refractivity contribution in [3.63, 3.8) is 0 Å². The van der Waals surface area contributed by atoms with Crippen LogP contribution < -0.4 is 0 Å². The molecule has 0 bridgehead atoms. The molecule has 0 saturated heterocycles. The van der Waals surface area contributed by atoms with Gasteiger partial charge in [0.15, 0.2) is 0 Å². The average Bonchev–Trinajstić information content (AvgIpc) is 3.01. The molecule has 1 atom stereocenters. The third-order valence-electron chi connectivity index (χ3n) is 3.76. The molecule has 1 heterocycles. The van der Waals surface area contributed by atoms with E-state index in [-0.39, 0.29) is 19.1 Å². The molecule has 0 aliphatic heterocycles. The third kappa shape index (κ3) is 4.11. The van der Waals surface area contributed by atoms with Crippen LogP contribution in [-0.2, 0) is 19.1 Å². The Kier molecular flexibility index (Phi) is 6.31. The van der Waals surface area contributed by atoms with Gasteiger partial charge in [-0.25, -0.2) is 4.98 Å². The van der Waals surface area contributed by atoms with Gasteiger partial charge >= 0.3 is 5.97 Å². The molecule has 1 unspecified atom stereocenters. The molecule has 0 fully saturated rings. The number of nitrogens with zero attached hydrogens (tertiary/aromatic N) is 3. The molecule has 0 spiro atoms. The maximum atomic E-state index is 12.8. The lowest BCUT2D eigenvalue weighted by Gasteiger charge is -2.25. The molecule has 7 heteroatoms. The standard InChI is InChI=1S/C17H23N3O4/c1-4-24-16(21)11-19(9-10-23-3)17(22)13(2)20-12-18-14-7-5-6-8-15(14)20/h5-8,12-13H,4,9-11H2,1-3H3. The maximum absolute atomic E-state index is 12.8. The van der Waals surface area contributed by atoms with Crippen LogP contribution in [-0.4, -0.2) is 59.7 Å². The summed E-state index contributed by atoms with van der Waals surface area (Å²) in [4.78, 5) is 30.4. The number of amides is 1. The minimum absolute atomic E-state index is 0.0903. The van der Waals surface area contributed by atoms with Crippen LogP contribution in [0.15, 0.2) is 30.6 Å². The van der Waals surface area contributed by atoms with Crippen molar-refractivity contribution in [3.8, 4) is 0 Å². The van der Waals surface area contributed by atoms with Crippen molar-refractivity contribution >= 4 is 22.9 Å². The Balaban J connectivity index is 2.19. The normalized spacial score (nSPS) is 12.1. The molecule has 1 aromatic carbocycles. The molecule has 2 rings (SSSR count). The van der Waals surface area contributed by atoms with Crippen molar-refractivity contribution < 1.29 is 19.1 Å². The van der Waals surface area contributed by atoms with Crippen LogP contribution in [0.3, 0.4) is 0 Å². The number of hydrogen-bond donors (Lipinski definition) is 0. The van der Waals surface area contributed by atoms with Crippen LogP contribution in [0.4, 0.5) is 0 Å². The van der Waals surface area contributed by atoms with Crippen molar-refractivity contribution in [1.29, 1.82) is 0 Å². The van der Waals surface area contributed by atoms with Crippen LogP contribution in [0.1, 0.15) is 19.9 Å². The molecular formula is C17H23N3O4. The second-order valence-electron chi connectivity index (χ2n) is 5.37. The number of imidazole rings is 1. The molecule has 1 amide bonds. The lowest BCUT2D eigenvalue weighted by atomic mass is 10.2. The lowest BCUT2D eigenvalue weighted by molar-refractivity contribution is -0.150. The fourth-order valence-corrected chi connectivity index (χ4v) is 2.50. The second-order valence-corrected chi connectivity index (χ2v) is 5.37. The first-order chi connectivity index (χ1) is 11.6. The number of hydrogen-bond acceptors (Lipinski definition) is 5. The molecule has 130 valence electrons. The summed E-state index contributed by atoms with van der Waals surface area (Å²) >= 11 is 0. The lowest BCUT2D eigenvalue weighted by Crippen LogP contribution is -2.42. The number of fused-ring (bicyclic) bond motifs is 1. The van der Waals surface area contributed by atoms with E-state index in [1.165, 1.54) is 4.90 Å². The van der Waals surface area contributed by atoms with Gasteiger partial charge in [-0.1, -0.05) is 12.1 Å². The summed E-state index contributed by atoms with van der Waals surface area (Å²) in [6, 6.07) is 7.13. The molecule has 1 aromatic heterocycles. The van der Waals surface area contributed by atoms with Crippen LogP contribution in [0.2, 0.25) is 0 Å². The fourth-order valence-electron chi connectivity index (χ4n) is 2.50. The first kappa shape index (κ1) is 17.9. The minimum atomic E-state index is -0.483. The first-order valence-electron chi connectivity index (χ1n) is 7.93. The van der Waals surface area contributed by atoms with Crippen molar-refractivity contribution in [1.82, 2.24) is 14.5 Å². The average molecular weight is 333 g/mol. The van der Waals surface area contributed by atoms with Crippen LogP contribution in [0.5, 0.6) is 0 Å². The molecule has 7 nitrogen and oxygen atoms in total. The van der Waals surface area contributed by atoms with Gasteiger partial charge in [-0.3, -0.25) is 9.59 Å². The number of ether oxygens (including phenoxy) is 2. The molecule has 0 radical (unpaired) electrons. The quantitative estimate of drug-likeness (QED) is 0.687. The number of aromatic nitrogens is 2. The smallest absolute Gasteiger partial charge is 0.325 e. The highest BCUT2D eigenvalue weighted by molar-refractivity contribution is 5.86. The molecule has 0 aliphatic carbocycles. The van der Waals surface area contributed by atoms with Gasteiger partial charge < -0.3 is 18.9 Å². The van der Waals surface area contributed by atoms with E-state index in [1.807, 2.05) is 28.8 Å². The van der Waals surface area contributed by atoms with Crippen LogP contribution in [0, 0.1) is 0 Å². The Hall–Kier alpha value is -2.41. The van der Waals surface area contributed by atoms with E-state index in [0.717, 1.165) is 11.0 Å². The van der Waals surface area contributed by atoms with Crippen molar-refractivity contribution in [2.24, 2.45) is 0 Å². The number of esters is 1. The van der Waals surface area contributed by atoms with Gasteiger partial charge in [0.2, 0.25) is 5.91 Å². The number of para-hydroxylation sites is 2. The highest BCUT2D eigenvalue weighted by Gasteiger charge is 2.25. The van der Waals surface area contributed by atoms with Crippen LogP contribution in [0.25, 0.3) is 11.0 Å². The maximum Gasteiger partial charge on any atom is 0.325 e. The Morgan fingerprint density at radius 3 is 2.79 bits per heavy atom. The zero-order valence-electron chi connectivity index (χ0n) is 14.3. The highest BCUT2D eigenvalue weighted by Crippen LogP contribution is 2.19. The molecule has 0 saturated carbocycles. The molecule has 2 aromatic rings. The van der Waals surface area contributed by atoms with Gasteiger partial charge in [0.1, 0.15) is 12.6 Å². The van der Waals surface area contributed by atoms with Gasteiger partial charge in [0.25, 0.3) is 0 Å². The van der Waals surface area contributed by atoms with Gasteiger partial charge in [0, 0.05) is 13.7 Å². The summed E-state index contributed by atoms with van der Waals surface area (Å²) < 4.78 is 11.8. The number of benzene rings is 1. The Morgan fingerprint density at radius 1 is 1.33 bits per heavy atom. The largest absolute Gasteiger partial charge is 0.465 e. The van der Waals surface area contributed by atoms with Gasteiger partial charge in [-0.15, -0.1) is 0 Å². The highest BCUT2D eigenvalue weighted by atomic mass is 16.5. The molecule has 24 heavy (non-hydrogen) atoms. The van der Waals surface area contributed by atoms with Crippen molar-refractivity contribution in [2.45, 2.75) is 19.9 Å². The minimum Gasteiger partial charge on any atom is -0.465 e. The van der Waals surface area contributed by atoms with E-state index < -0.39 is 12.0 Å². The van der Waals surface area contributed by atoms with E-state index in [0.29, 0.717) is 13.2 Å². The summed E-state index contributed by atoms with van der Waals surface area (Å²) in [5.74, 6) is -0.604. The number of methoxy groups -OCH3 is 1. The number of carbonyl (C=O) groups excluding carboxylic acids is 2. The number of rotatable bonds is 8. The predicted molar refractivity (Wildman–Crippen MR) is 89.5 cm³/mol. The second kappa shape index (κ2) is 8.44. The van der Waals surface area contributed by atoms with Gasteiger partial charge in [-0.05, 0) is 26.0 Å². The summed E-state index contributed by atoms with van der Waals surface area (Å²) in [6.45, 7) is 4.40. The van der Waals surface area contributed by atoms with E-state index in [2.05, 4.69) is 4.98 Å². The Morgan fingerprint density at radius 2 is 2.08 bits per heavy atom. The van der Waals surface area contributed by atoms with E-state index in [1.54, 1.807) is 27.3 Å². The van der Waals surface area contributed by atoms with E-state index in [4.69, 9.17) is 9.47 Å². The van der Waals surface area contributed by atoms with Crippen molar-refractivity contribution in [3.05, 3.63) is 30.6 Å². The van der Waals surface area contributed by atoms with Gasteiger partial charge in [0.05, 0.1) is 30.6 Å². The predicted octanol–water partition coefficient (Wildman–Crippen LogP) is 1.64. The van der Waals surface area contributed by atoms with Crippen LogP contribution >= 0.6 is 0 Å². The topological polar surface area (TPSA) is 73.7 Å². The zero-order chi connectivity index (χ0) is 17.5. The summed E-state index contributed by atoms with van der Waals surface area (Å²) in [5, 5.41) is 0. The van der Waals surface area contributed by atoms with Gasteiger partial charge in [-0.2, -0.15) is 0 Å². The number of carbonyl (C=O) groups is 2. The SMILES string of the molecule is CCOC(=O)CN(CCOC)C(=O)C(C)n1cnc2ccccc21. The first-order valence-corrected chi connectivity index (χ1v) is 7.93. The third-order valence-corrected chi connectivity index (χ3v) is 3.76.